The molecular formula is C11H15N3O4S. The number of nitrogens with zero attached hydrogens (tertiary/aromatic N) is 2. The average Bonchev–Trinajstić information content (AvgIpc) is 2.77. The molecule has 0 aliphatic rings. The van der Waals surface area contributed by atoms with Crippen LogP contribution in [-0.2, 0) is 9.59 Å². The Morgan fingerprint density at radius 1 is 1.53 bits per heavy atom. The Hall–Kier alpha value is -1.96. The molecule has 2 amide bonds. The van der Waals surface area contributed by atoms with E-state index in [2.05, 4.69) is 10.3 Å². The number of carboxylic acid groups (broad SMARTS) is 1. The molecule has 0 saturated carbocycles. The highest BCUT2D eigenvalue weighted by molar-refractivity contribution is 7.09. The number of thiazole rings is 1. The molecule has 8 heteroatoms. The number of hydrogen-bond donors (Lipinski definition) is 2. The fourth-order valence-electron chi connectivity index (χ4n) is 1.26. The molecule has 0 spiro atoms. The van der Waals surface area contributed by atoms with Gasteiger partial charge in [0, 0.05) is 19.4 Å². The van der Waals surface area contributed by atoms with Crippen molar-refractivity contribution < 1.29 is 19.5 Å². The predicted molar refractivity (Wildman–Crippen MR) is 68.9 cm³/mol. The molecule has 0 aliphatic carbocycles. The van der Waals surface area contributed by atoms with Crippen LogP contribution >= 0.6 is 11.3 Å². The lowest BCUT2D eigenvalue weighted by Gasteiger charge is -2.16. The summed E-state index contributed by atoms with van der Waals surface area (Å²) in [7, 11) is 1.53. The summed E-state index contributed by atoms with van der Waals surface area (Å²) >= 11 is 1.17. The molecule has 0 aromatic carbocycles. The molecule has 19 heavy (non-hydrogen) atoms. The molecule has 7 nitrogen and oxygen atoms in total. The molecule has 104 valence electrons. The van der Waals surface area contributed by atoms with Gasteiger partial charge in [0.1, 0.15) is 5.01 Å². The molecule has 1 rings (SSSR count). The van der Waals surface area contributed by atoms with Crippen LogP contribution in [0.1, 0.15) is 35.4 Å². The maximum absolute atomic E-state index is 11.6. The first-order chi connectivity index (χ1) is 8.81. The van der Waals surface area contributed by atoms with Gasteiger partial charge in [0.15, 0.2) is 5.69 Å². The van der Waals surface area contributed by atoms with Crippen molar-refractivity contribution in [3.8, 4) is 0 Å². The minimum absolute atomic E-state index is 0.0399. The normalized spacial score (nSPS) is 11.7. The van der Waals surface area contributed by atoms with Crippen LogP contribution in [0.25, 0.3) is 0 Å². The lowest BCUT2D eigenvalue weighted by molar-refractivity contribution is -0.133. The third kappa shape index (κ3) is 4.32. The molecule has 0 fully saturated rings. The van der Waals surface area contributed by atoms with Crippen molar-refractivity contribution in [2.75, 3.05) is 13.6 Å². The number of nitrogens with one attached hydrogen (secondary N) is 1. The highest BCUT2D eigenvalue weighted by Crippen LogP contribution is 2.17. The average molecular weight is 285 g/mol. The van der Waals surface area contributed by atoms with Crippen LogP contribution in [0, 0.1) is 0 Å². The molecule has 0 bridgehead atoms. The van der Waals surface area contributed by atoms with Gasteiger partial charge >= 0.3 is 5.97 Å². The second kappa shape index (κ2) is 6.28. The summed E-state index contributed by atoms with van der Waals surface area (Å²) in [5, 5.41) is 13.3. The van der Waals surface area contributed by atoms with E-state index < -0.39 is 12.0 Å². The van der Waals surface area contributed by atoms with Crippen molar-refractivity contribution in [3.63, 3.8) is 0 Å². The molecule has 1 unspecified atom stereocenters. The summed E-state index contributed by atoms with van der Waals surface area (Å²) in [5.74, 6) is -1.63. The number of rotatable bonds is 5. The van der Waals surface area contributed by atoms with Crippen molar-refractivity contribution in [2.45, 2.75) is 19.9 Å². The zero-order valence-electron chi connectivity index (χ0n) is 10.8. The molecule has 0 aliphatic heterocycles. The zero-order valence-corrected chi connectivity index (χ0v) is 11.7. The fourth-order valence-corrected chi connectivity index (χ4v) is 2.06. The van der Waals surface area contributed by atoms with E-state index in [4.69, 9.17) is 5.11 Å². The Labute approximate surface area is 114 Å². The maximum atomic E-state index is 11.6. The van der Waals surface area contributed by atoms with E-state index in [1.807, 2.05) is 0 Å². The second-order valence-corrected chi connectivity index (χ2v) is 4.93. The third-order valence-electron chi connectivity index (χ3n) is 2.41. The Balaban J connectivity index is 2.58. The Kier molecular flexibility index (Phi) is 4.99. The number of carboxylic acids is 1. The second-order valence-electron chi connectivity index (χ2n) is 4.04. The van der Waals surface area contributed by atoms with Crippen molar-refractivity contribution in [1.29, 1.82) is 0 Å². The first kappa shape index (κ1) is 15.1. The van der Waals surface area contributed by atoms with E-state index in [0.717, 1.165) is 0 Å². The Morgan fingerprint density at radius 2 is 2.16 bits per heavy atom. The van der Waals surface area contributed by atoms with Crippen LogP contribution < -0.4 is 5.32 Å². The van der Waals surface area contributed by atoms with E-state index in [0.29, 0.717) is 5.01 Å². The van der Waals surface area contributed by atoms with Gasteiger partial charge in [-0.05, 0) is 6.92 Å². The first-order valence-electron chi connectivity index (χ1n) is 5.51. The van der Waals surface area contributed by atoms with Crippen molar-refractivity contribution in [2.24, 2.45) is 0 Å². The Bertz CT molecular complexity index is 500. The summed E-state index contributed by atoms with van der Waals surface area (Å²) in [6, 6.07) is -0.397. The number of carbonyl (C=O) groups excluding carboxylic acids is 2. The topological polar surface area (TPSA) is 99.6 Å². The molecule has 2 N–H and O–H groups in total. The highest BCUT2D eigenvalue weighted by atomic mass is 32.1. The first-order valence-corrected chi connectivity index (χ1v) is 6.39. The number of amides is 2. The zero-order chi connectivity index (χ0) is 14.6. The molecule has 1 aromatic heterocycles. The molecular weight excluding hydrogens is 270 g/mol. The number of likely N-dealkylation sites (N-methyl/N-ethyl adjacent to an activating group) is 1. The van der Waals surface area contributed by atoms with Gasteiger partial charge in [-0.1, -0.05) is 0 Å². The lowest BCUT2D eigenvalue weighted by atomic mass is 10.3. The molecule has 1 aromatic rings. The standard InChI is InChI=1S/C11H15N3O4S/c1-6(10-13-8(5-19-10)11(17)18)12-9(16)4-14(3)7(2)15/h5-6H,4H2,1-3H3,(H,12,16)(H,17,18). The van der Waals surface area contributed by atoms with Crippen molar-refractivity contribution in [3.05, 3.63) is 16.1 Å². The SMILES string of the molecule is CC(=O)N(C)CC(=O)NC(C)c1nc(C(=O)O)cs1. The van der Waals surface area contributed by atoms with Gasteiger partial charge in [-0.3, -0.25) is 9.59 Å². The van der Waals surface area contributed by atoms with E-state index in [9.17, 15) is 14.4 Å². The van der Waals surface area contributed by atoms with Gasteiger partial charge in [0.25, 0.3) is 0 Å². The lowest BCUT2D eigenvalue weighted by Crippen LogP contribution is -2.38. The van der Waals surface area contributed by atoms with Crippen LogP contribution in [0.2, 0.25) is 0 Å². The molecule has 0 saturated heterocycles. The fraction of sp³-hybridized carbons (Fsp3) is 0.455. The molecule has 1 heterocycles. The summed E-state index contributed by atoms with van der Waals surface area (Å²) in [6.45, 7) is 3.03. The van der Waals surface area contributed by atoms with Crippen LogP contribution in [0.3, 0.4) is 0 Å². The third-order valence-corrected chi connectivity index (χ3v) is 3.43. The number of hydrogen-bond acceptors (Lipinski definition) is 5. The predicted octanol–water partition coefficient (Wildman–Crippen LogP) is 0.497. The smallest absolute Gasteiger partial charge is 0.355 e. The van der Waals surface area contributed by atoms with Crippen LogP contribution in [0.5, 0.6) is 0 Å². The van der Waals surface area contributed by atoms with E-state index in [1.54, 1.807) is 6.92 Å². The summed E-state index contributed by atoms with van der Waals surface area (Å²) in [6.07, 6.45) is 0. The van der Waals surface area contributed by atoms with Gasteiger partial charge in [-0.15, -0.1) is 11.3 Å². The Morgan fingerprint density at radius 3 is 2.63 bits per heavy atom. The number of aromatic carboxylic acids is 1. The van der Waals surface area contributed by atoms with Gasteiger partial charge < -0.3 is 15.3 Å². The number of aromatic nitrogens is 1. The van der Waals surface area contributed by atoms with E-state index >= 15 is 0 Å². The summed E-state index contributed by atoms with van der Waals surface area (Å²) < 4.78 is 0. The summed E-state index contributed by atoms with van der Waals surface area (Å²) in [4.78, 5) is 38.5. The van der Waals surface area contributed by atoms with Crippen LogP contribution in [0.15, 0.2) is 5.38 Å². The van der Waals surface area contributed by atoms with Gasteiger partial charge in [0.2, 0.25) is 11.8 Å². The minimum atomic E-state index is -1.10. The maximum Gasteiger partial charge on any atom is 0.355 e. The molecule has 1 atom stereocenters. The van der Waals surface area contributed by atoms with Gasteiger partial charge in [-0.2, -0.15) is 0 Å². The molecule has 0 radical (unpaired) electrons. The largest absolute Gasteiger partial charge is 0.476 e. The van der Waals surface area contributed by atoms with Crippen LogP contribution in [0.4, 0.5) is 0 Å². The van der Waals surface area contributed by atoms with Crippen LogP contribution in [-0.4, -0.2) is 46.4 Å². The minimum Gasteiger partial charge on any atom is -0.476 e. The van der Waals surface area contributed by atoms with E-state index in [1.165, 1.54) is 35.6 Å². The monoisotopic (exact) mass is 285 g/mol. The highest BCUT2D eigenvalue weighted by Gasteiger charge is 2.17. The van der Waals surface area contributed by atoms with Crippen molar-refractivity contribution in [1.82, 2.24) is 15.2 Å². The van der Waals surface area contributed by atoms with Gasteiger partial charge in [0.05, 0.1) is 12.6 Å². The quantitative estimate of drug-likeness (QED) is 0.820. The van der Waals surface area contributed by atoms with E-state index in [-0.39, 0.29) is 24.1 Å². The summed E-state index contributed by atoms with van der Waals surface area (Å²) in [5.41, 5.74) is -0.0399. The van der Waals surface area contributed by atoms with Crippen molar-refractivity contribution >= 4 is 29.1 Å². The number of carbonyl (C=O) groups is 3. The van der Waals surface area contributed by atoms with Gasteiger partial charge in [-0.25, -0.2) is 9.78 Å².